The molecule has 0 aromatic rings. The third-order valence-corrected chi connectivity index (χ3v) is 2.25. The third-order valence-electron chi connectivity index (χ3n) is 2.25. The van der Waals surface area contributed by atoms with E-state index < -0.39 is 0 Å². The van der Waals surface area contributed by atoms with Gasteiger partial charge >= 0.3 is 0 Å². The molecule has 54 valence electrons. The second-order valence-corrected chi connectivity index (χ2v) is 3.19. The van der Waals surface area contributed by atoms with Crippen LogP contribution in [0.4, 0.5) is 0 Å². The average Bonchev–Trinajstić information content (AvgIpc) is 1.88. The van der Waals surface area contributed by atoms with Gasteiger partial charge in [0.1, 0.15) is 0 Å². The van der Waals surface area contributed by atoms with Gasteiger partial charge in [0.15, 0.2) is 0 Å². The first-order chi connectivity index (χ1) is 4.33. The Balaban J connectivity index is 2.23. The van der Waals surface area contributed by atoms with Crippen molar-refractivity contribution in [1.82, 2.24) is 5.32 Å². The molecule has 0 radical (unpaired) electrons. The molecule has 1 aliphatic rings. The smallest absolute Gasteiger partial charge is 0.00669 e. The van der Waals surface area contributed by atoms with E-state index in [-0.39, 0.29) is 0 Å². The number of nitrogens with one attached hydrogen (secondary N) is 1. The van der Waals surface area contributed by atoms with Crippen LogP contribution in [0, 0.1) is 5.92 Å². The van der Waals surface area contributed by atoms with E-state index >= 15 is 0 Å². The molecule has 0 saturated carbocycles. The van der Waals surface area contributed by atoms with Crippen LogP contribution in [0.5, 0.6) is 0 Å². The van der Waals surface area contributed by atoms with Crippen LogP contribution < -0.4 is 5.32 Å². The van der Waals surface area contributed by atoms with E-state index in [2.05, 4.69) is 19.2 Å². The lowest BCUT2D eigenvalue weighted by Gasteiger charge is -2.26. The summed E-state index contributed by atoms with van der Waals surface area (Å²) >= 11 is 0. The van der Waals surface area contributed by atoms with Gasteiger partial charge in [-0.3, -0.25) is 0 Å². The predicted octanol–water partition coefficient (Wildman–Crippen LogP) is 1.78. The molecule has 1 aliphatic heterocycles. The van der Waals surface area contributed by atoms with Gasteiger partial charge < -0.3 is 5.32 Å². The maximum atomic E-state index is 3.50. The molecule has 1 fully saturated rings. The van der Waals surface area contributed by atoms with Crippen LogP contribution in [0.1, 0.15) is 33.1 Å². The van der Waals surface area contributed by atoms with E-state index in [0.29, 0.717) is 0 Å². The maximum absolute atomic E-state index is 3.50. The minimum absolute atomic E-state index is 0.814. The first-order valence-electron chi connectivity index (χ1n) is 4.06. The third kappa shape index (κ3) is 1.98. The first-order valence-corrected chi connectivity index (χ1v) is 4.06. The number of piperidine rings is 1. The van der Waals surface area contributed by atoms with Crippen LogP contribution in [0.2, 0.25) is 0 Å². The normalized spacial score (nSPS) is 36.7. The Morgan fingerprint density at radius 1 is 1.56 bits per heavy atom. The molecular formula is C8H17N. The Morgan fingerprint density at radius 2 is 2.33 bits per heavy atom. The van der Waals surface area contributed by atoms with Crippen molar-refractivity contribution in [2.75, 3.05) is 6.54 Å². The van der Waals surface area contributed by atoms with Gasteiger partial charge in [-0.15, -0.1) is 0 Å². The van der Waals surface area contributed by atoms with Gasteiger partial charge in [-0.05, 0) is 31.7 Å². The van der Waals surface area contributed by atoms with Crippen LogP contribution in [0.3, 0.4) is 0 Å². The molecule has 1 saturated heterocycles. The van der Waals surface area contributed by atoms with Crippen molar-refractivity contribution in [3.8, 4) is 0 Å². The molecule has 0 aromatic carbocycles. The molecule has 1 rings (SSSR count). The second-order valence-electron chi connectivity index (χ2n) is 3.19. The zero-order valence-corrected chi connectivity index (χ0v) is 6.48. The lowest BCUT2D eigenvalue weighted by molar-refractivity contribution is 0.314. The van der Waals surface area contributed by atoms with E-state index in [1.807, 2.05) is 0 Å². The number of hydrogen-bond acceptors (Lipinski definition) is 1. The molecule has 9 heavy (non-hydrogen) atoms. The van der Waals surface area contributed by atoms with E-state index in [4.69, 9.17) is 0 Å². The number of hydrogen-bond donors (Lipinski definition) is 1. The van der Waals surface area contributed by atoms with Crippen LogP contribution in [0.15, 0.2) is 0 Å². The summed E-state index contributed by atoms with van der Waals surface area (Å²) in [6, 6.07) is 0.814. The van der Waals surface area contributed by atoms with E-state index in [9.17, 15) is 0 Å². The molecule has 0 aliphatic carbocycles. The Labute approximate surface area is 57.8 Å². The van der Waals surface area contributed by atoms with Gasteiger partial charge in [-0.1, -0.05) is 13.8 Å². The highest BCUT2D eigenvalue weighted by Gasteiger charge is 2.15. The monoisotopic (exact) mass is 127 g/mol. The highest BCUT2D eigenvalue weighted by Crippen LogP contribution is 2.16. The molecule has 1 N–H and O–H groups in total. The maximum Gasteiger partial charge on any atom is 0.00669 e. The highest BCUT2D eigenvalue weighted by atomic mass is 14.9. The zero-order chi connectivity index (χ0) is 6.69. The minimum Gasteiger partial charge on any atom is -0.314 e. The van der Waals surface area contributed by atoms with Gasteiger partial charge in [0.2, 0.25) is 0 Å². The molecule has 0 bridgehead atoms. The Morgan fingerprint density at radius 3 is 2.78 bits per heavy atom. The van der Waals surface area contributed by atoms with E-state index in [1.54, 1.807) is 0 Å². The number of rotatable bonds is 1. The lowest BCUT2D eigenvalue weighted by atomic mass is 9.93. The largest absolute Gasteiger partial charge is 0.314 e. The van der Waals surface area contributed by atoms with Crippen molar-refractivity contribution in [2.45, 2.75) is 39.2 Å². The average molecular weight is 127 g/mol. The van der Waals surface area contributed by atoms with Gasteiger partial charge in [-0.2, -0.15) is 0 Å². The van der Waals surface area contributed by atoms with Crippen molar-refractivity contribution in [3.05, 3.63) is 0 Å². The summed E-state index contributed by atoms with van der Waals surface area (Å²) in [5.74, 6) is 0.955. The SMILES string of the molecule is CC[C@@H]1C[C@@H](C)CCN1. The predicted molar refractivity (Wildman–Crippen MR) is 40.5 cm³/mol. The van der Waals surface area contributed by atoms with Crippen molar-refractivity contribution in [2.24, 2.45) is 5.92 Å². The van der Waals surface area contributed by atoms with Crippen molar-refractivity contribution >= 4 is 0 Å². The van der Waals surface area contributed by atoms with Crippen molar-refractivity contribution in [3.63, 3.8) is 0 Å². The Bertz CT molecular complexity index is 80.6. The Kier molecular flexibility index (Phi) is 2.52. The standard InChI is InChI=1S/C8H17N/c1-3-8-6-7(2)4-5-9-8/h7-9H,3-6H2,1-2H3/t7-,8+/m0/s1. The van der Waals surface area contributed by atoms with E-state index in [1.165, 1.54) is 25.8 Å². The molecule has 1 heterocycles. The summed E-state index contributed by atoms with van der Waals surface area (Å²) in [4.78, 5) is 0. The van der Waals surface area contributed by atoms with Crippen molar-refractivity contribution < 1.29 is 0 Å². The summed E-state index contributed by atoms with van der Waals surface area (Å²) in [7, 11) is 0. The van der Waals surface area contributed by atoms with E-state index in [0.717, 1.165) is 12.0 Å². The lowest BCUT2D eigenvalue weighted by Crippen LogP contribution is -2.36. The van der Waals surface area contributed by atoms with Gasteiger partial charge in [0.05, 0.1) is 0 Å². The summed E-state index contributed by atoms with van der Waals surface area (Å²) in [5, 5.41) is 3.50. The molecule has 1 heteroatoms. The van der Waals surface area contributed by atoms with Gasteiger partial charge in [0, 0.05) is 6.04 Å². The molecule has 0 aromatic heterocycles. The minimum atomic E-state index is 0.814. The van der Waals surface area contributed by atoms with Crippen molar-refractivity contribution in [1.29, 1.82) is 0 Å². The van der Waals surface area contributed by atoms with Crippen LogP contribution in [-0.4, -0.2) is 12.6 Å². The topological polar surface area (TPSA) is 12.0 Å². The van der Waals surface area contributed by atoms with Crippen LogP contribution in [-0.2, 0) is 0 Å². The fraction of sp³-hybridized carbons (Fsp3) is 1.00. The second kappa shape index (κ2) is 3.21. The summed E-state index contributed by atoms with van der Waals surface area (Å²) in [6.07, 6.45) is 4.05. The highest BCUT2D eigenvalue weighted by molar-refractivity contribution is 4.74. The zero-order valence-electron chi connectivity index (χ0n) is 6.48. The molecule has 0 amide bonds. The van der Waals surface area contributed by atoms with Crippen LogP contribution >= 0.6 is 0 Å². The summed E-state index contributed by atoms with van der Waals surface area (Å²) < 4.78 is 0. The van der Waals surface area contributed by atoms with Gasteiger partial charge in [0.25, 0.3) is 0 Å². The molecule has 0 spiro atoms. The summed E-state index contributed by atoms with van der Waals surface area (Å²) in [5.41, 5.74) is 0. The molecule has 1 nitrogen and oxygen atoms in total. The van der Waals surface area contributed by atoms with Crippen LogP contribution in [0.25, 0.3) is 0 Å². The quantitative estimate of drug-likeness (QED) is 0.566. The molecular weight excluding hydrogens is 110 g/mol. The molecule has 0 unspecified atom stereocenters. The molecule has 2 atom stereocenters. The van der Waals surface area contributed by atoms with Gasteiger partial charge in [-0.25, -0.2) is 0 Å². The Hall–Kier alpha value is -0.0400. The first kappa shape index (κ1) is 7.07. The fourth-order valence-electron chi connectivity index (χ4n) is 1.53. The fourth-order valence-corrected chi connectivity index (χ4v) is 1.53. The summed E-state index contributed by atoms with van der Waals surface area (Å²) in [6.45, 7) is 5.85.